The molecule has 1 amide bonds. The lowest BCUT2D eigenvalue weighted by Crippen LogP contribution is -2.52. The molecule has 0 bridgehead atoms. The monoisotopic (exact) mass is 480 g/mol. The highest BCUT2D eigenvalue weighted by atomic mass is 79.9. The molecule has 6 nitrogen and oxygen atoms in total. The van der Waals surface area contributed by atoms with Gasteiger partial charge in [-0.3, -0.25) is 9.78 Å². The fourth-order valence-corrected chi connectivity index (χ4v) is 2.92. The second kappa shape index (κ2) is 12.4. The fraction of sp³-hybridized carbons (Fsp3) is 0.429. The Morgan fingerprint density at radius 2 is 2.03 bits per heavy atom. The zero-order chi connectivity index (χ0) is 21.9. The van der Waals surface area contributed by atoms with Crippen LogP contribution in [0.2, 0.25) is 5.02 Å². The Hall–Kier alpha value is -2.17. The minimum Gasteiger partial charge on any atom is -0.473 e. The molecule has 0 saturated heterocycles. The SMILES string of the molecule is CC.CC.N#CC1(NC(=O)c2cc(Cl)c(COc3cccc(Br)n3)cn2)CCC1. The van der Waals surface area contributed by atoms with Crippen molar-refractivity contribution >= 4 is 33.4 Å². The van der Waals surface area contributed by atoms with Crippen LogP contribution in [0.1, 0.15) is 63.0 Å². The van der Waals surface area contributed by atoms with Crippen LogP contribution in [0, 0.1) is 11.3 Å². The number of hydrogen-bond acceptors (Lipinski definition) is 5. The van der Waals surface area contributed by atoms with E-state index in [0.717, 1.165) is 6.42 Å². The molecule has 3 rings (SSSR count). The highest BCUT2D eigenvalue weighted by Crippen LogP contribution is 2.31. The quantitative estimate of drug-likeness (QED) is 0.553. The maximum Gasteiger partial charge on any atom is 0.271 e. The summed E-state index contributed by atoms with van der Waals surface area (Å²) in [7, 11) is 0. The number of pyridine rings is 2. The molecule has 156 valence electrons. The first-order valence-electron chi connectivity index (χ1n) is 9.65. The van der Waals surface area contributed by atoms with E-state index < -0.39 is 11.4 Å². The molecule has 0 atom stereocenters. The van der Waals surface area contributed by atoms with Crippen molar-refractivity contribution in [2.45, 2.75) is 59.1 Å². The number of ether oxygens (including phenoxy) is 1. The smallest absolute Gasteiger partial charge is 0.271 e. The Morgan fingerprint density at radius 1 is 1.34 bits per heavy atom. The first kappa shape index (κ1) is 24.9. The summed E-state index contributed by atoms with van der Waals surface area (Å²) in [6, 6.07) is 8.98. The molecule has 0 radical (unpaired) electrons. The van der Waals surface area contributed by atoms with Gasteiger partial charge in [0.25, 0.3) is 5.91 Å². The molecule has 1 aliphatic rings. The first-order chi connectivity index (χ1) is 14.0. The van der Waals surface area contributed by atoms with Gasteiger partial charge in [0, 0.05) is 17.8 Å². The van der Waals surface area contributed by atoms with Gasteiger partial charge in [-0.1, -0.05) is 45.4 Å². The van der Waals surface area contributed by atoms with E-state index in [9.17, 15) is 10.1 Å². The normalized spacial score (nSPS) is 13.3. The van der Waals surface area contributed by atoms with Gasteiger partial charge >= 0.3 is 0 Å². The van der Waals surface area contributed by atoms with Crippen LogP contribution in [0.5, 0.6) is 5.88 Å². The van der Waals surface area contributed by atoms with E-state index in [0.29, 0.717) is 33.9 Å². The van der Waals surface area contributed by atoms with Gasteiger partial charge in [-0.25, -0.2) is 4.98 Å². The lowest BCUT2D eigenvalue weighted by atomic mass is 9.78. The molecule has 2 heterocycles. The van der Waals surface area contributed by atoms with Gasteiger partial charge in [-0.05, 0) is 47.3 Å². The molecule has 1 N–H and O–H groups in total. The van der Waals surface area contributed by atoms with Crippen LogP contribution in [0.15, 0.2) is 35.1 Å². The van der Waals surface area contributed by atoms with Crippen LogP contribution in [-0.4, -0.2) is 21.4 Å². The number of nitrogens with one attached hydrogen (secondary N) is 1. The van der Waals surface area contributed by atoms with Crippen molar-refractivity contribution in [2.75, 3.05) is 0 Å². The Kier molecular flexibility index (Phi) is 10.6. The number of nitriles is 1. The predicted octanol–water partition coefficient (Wildman–Crippen LogP) is 5.70. The Balaban J connectivity index is 0.000000989. The first-order valence-corrected chi connectivity index (χ1v) is 10.8. The number of hydrogen-bond donors (Lipinski definition) is 1. The lowest BCUT2D eigenvalue weighted by Gasteiger charge is -2.35. The molecule has 1 aliphatic carbocycles. The highest BCUT2D eigenvalue weighted by Gasteiger charge is 2.39. The summed E-state index contributed by atoms with van der Waals surface area (Å²) >= 11 is 9.50. The molecule has 1 saturated carbocycles. The standard InChI is InChI=1S/C17H14BrClN4O2.2C2H6/c18-14-3-1-4-15(22-14)25-9-11-8-21-13(7-12(11)19)16(24)23-17(10-20)5-2-6-17;2*1-2/h1,3-4,7-8H,2,5-6,9H2,(H,23,24);2*1-2H3. The Bertz CT molecular complexity index is 851. The van der Waals surface area contributed by atoms with E-state index in [1.165, 1.54) is 12.3 Å². The number of carbonyl (C=O) groups is 1. The van der Waals surface area contributed by atoms with Crippen molar-refractivity contribution in [3.8, 4) is 11.9 Å². The average molecular weight is 482 g/mol. The average Bonchev–Trinajstić information content (AvgIpc) is 2.72. The lowest BCUT2D eigenvalue weighted by molar-refractivity contribution is 0.0876. The molecule has 2 aromatic heterocycles. The minimum atomic E-state index is -0.764. The van der Waals surface area contributed by atoms with Crippen LogP contribution >= 0.6 is 27.5 Å². The zero-order valence-corrected chi connectivity index (χ0v) is 19.5. The third kappa shape index (κ3) is 6.98. The third-order valence-corrected chi connectivity index (χ3v) is 4.79. The van der Waals surface area contributed by atoms with Gasteiger partial charge in [-0.15, -0.1) is 0 Å². The molecule has 0 spiro atoms. The van der Waals surface area contributed by atoms with Crippen molar-refractivity contribution < 1.29 is 9.53 Å². The summed E-state index contributed by atoms with van der Waals surface area (Å²) in [5.74, 6) is 0.0532. The molecular weight excluding hydrogens is 456 g/mol. The van der Waals surface area contributed by atoms with Crippen molar-refractivity contribution in [3.63, 3.8) is 0 Å². The van der Waals surface area contributed by atoms with Gasteiger partial charge in [0.2, 0.25) is 5.88 Å². The molecule has 29 heavy (non-hydrogen) atoms. The fourth-order valence-electron chi connectivity index (χ4n) is 2.39. The van der Waals surface area contributed by atoms with Crippen molar-refractivity contribution in [1.29, 1.82) is 5.26 Å². The van der Waals surface area contributed by atoms with Crippen LogP contribution in [-0.2, 0) is 6.61 Å². The van der Waals surface area contributed by atoms with Gasteiger partial charge in [0.05, 0.1) is 11.1 Å². The van der Waals surface area contributed by atoms with Crippen molar-refractivity contribution in [3.05, 3.63) is 51.3 Å². The zero-order valence-electron chi connectivity index (χ0n) is 17.1. The molecule has 8 heteroatoms. The largest absolute Gasteiger partial charge is 0.473 e. The maximum absolute atomic E-state index is 12.3. The predicted molar refractivity (Wildman–Crippen MR) is 118 cm³/mol. The third-order valence-electron chi connectivity index (χ3n) is 4.00. The summed E-state index contributed by atoms with van der Waals surface area (Å²) in [5.41, 5.74) is 0.0498. The molecule has 0 unspecified atom stereocenters. The van der Waals surface area contributed by atoms with Crippen molar-refractivity contribution in [2.24, 2.45) is 0 Å². The van der Waals surface area contributed by atoms with E-state index in [1.54, 1.807) is 12.1 Å². The van der Waals surface area contributed by atoms with Crippen LogP contribution in [0.4, 0.5) is 0 Å². The van der Waals surface area contributed by atoms with Gasteiger partial charge < -0.3 is 10.1 Å². The summed E-state index contributed by atoms with van der Waals surface area (Å²) in [6.07, 6.45) is 3.75. The summed E-state index contributed by atoms with van der Waals surface area (Å²) in [4.78, 5) is 20.6. The van der Waals surface area contributed by atoms with E-state index in [4.69, 9.17) is 16.3 Å². The number of rotatable bonds is 5. The van der Waals surface area contributed by atoms with Gasteiger partial charge in [-0.2, -0.15) is 5.26 Å². The molecular formula is C21H26BrClN4O2. The number of nitrogens with zero attached hydrogens (tertiary/aromatic N) is 3. The number of halogens is 2. The summed E-state index contributed by atoms with van der Waals surface area (Å²) in [6.45, 7) is 8.18. The molecule has 2 aromatic rings. The Morgan fingerprint density at radius 3 is 2.55 bits per heavy atom. The van der Waals surface area contributed by atoms with E-state index in [1.807, 2.05) is 33.8 Å². The topological polar surface area (TPSA) is 87.9 Å². The van der Waals surface area contributed by atoms with E-state index in [2.05, 4.69) is 37.3 Å². The van der Waals surface area contributed by atoms with Crippen molar-refractivity contribution in [1.82, 2.24) is 15.3 Å². The van der Waals surface area contributed by atoms with E-state index >= 15 is 0 Å². The molecule has 1 fully saturated rings. The second-order valence-electron chi connectivity index (χ2n) is 5.75. The molecule has 0 aromatic carbocycles. The van der Waals surface area contributed by atoms with Crippen LogP contribution in [0.25, 0.3) is 0 Å². The number of carbonyl (C=O) groups excluding carboxylic acids is 1. The van der Waals surface area contributed by atoms with E-state index in [-0.39, 0.29) is 12.3 Å². The van der Waals surface area contributed by atoms with Gasteiger partial charge in [0.1, 0.15) is 22.4 Å². The van der Waals surface area contributed by atoms with Crippen LogP contribution in [0.3, 0.4) is 0 Å². The Labute approximate surface area is 185 Å². The number of amides is 1. The molecule has 0 aliphatic heterocycles. The minimum absolute atomic E-state index is 0.177. The summed E-state index contributed by atoms with van der Waals surface area (Å²) in [5, 5.41) is 12.3. The van der Waals surface area contributed by atoms with Gasteiger partial charge in [0.15, 0.2) is 0 Å². The maximum atomic E-state index is 12.3. The van der Waals surface area contributed by atoms with Crippen LogP contribution < -0.4 is 10.1 Å². The second-order valence-corrected chi connectivity index (χ2v) is 6.97. The highest BCUT2D eigenvalue weighted by molar-refractivity contribution is 9.10. The number of aromatic nitrogens is 2. The summed E-state index contributed by atoms with van der Waals surface area (Å²) < 4.78 is 6.24.